The quantitative estimate of drug-likeness (QED) is 0.288. The van der Waals surface area contributed by atoms with Crippen LogP contribution in [0.5, 0.6) is 5.75 Å². The SMILES string of the molecule is CCOc1cccc(-n2cc(-c3ccccc3)nc2NC(=O)CN(C[C@@H]2CCCO2)C(=O)c2ccc(C)cc2)c1. The molecule has 206 valence electrons. The molecule has 1 aliphatic rings. The van der Waals surface area contributed by atoms with E-state index in [9.17, 15) is 9.59 Å². The minimum absolute atomic E-state index is 0.0878. The Bertz CT molecular complexity index is 1440. The third kappa shape index (κ3) is 6.58. The number of benzene rings is 3. The molecule has 0 aliphatic carbocycles. The number of nitrogens with one attached hydrogen (secondary N) is 1. The zero-order valence-corrected chi connectivity index (χ0v) is 22.9. The van der Waals surface area contributed by atoms with Crippen LogP contribution in [0.1, 0.15) is 35.7 Å². The second-order valence-electron chi connectivity index (χ2n) is 9.85. The number of hydrogen-bond donors (Lipinski definition) is 1. The number of ether oxygens (including phenoxy) is 2. The van der Waals surface area contributed by atoms with Gasteiger partial charge in [-0.3, -0.25) is 19.5 Å². The van der Waals surface area contributed by atoms with Crippen molar-refractivity contribution in [3.63, 3.8) is 0 Å². The van der Waals surface area contributed by atoms with Crippen LogP contribution in [0.15, 0.2) is 85.1 Å². The van der Waals surface area contributed by atoms with Crippen molar-refractivity contribution in [1.82, 2.24) is 14.5 Å². The lowest BCUT2D eigenvalue weighted by Crippen LogP contribution is -2.42. The smallest absolute Gasteiger partial charge is 0.254 e. The van der Waals surface area contributed by atoms with E-state index in [0.717, 1.165) is 35.4 Å². The second kappa shape index (κ2) is 12.6. The van der Waals surface area contributed by atoms with Crippen LogP contribution >= 0.6 is 0 Å². The highest BCUT2D eigenvalue weighted by atomic mass is 16.5. The molecule has 0 spiro atoms. The van der Waals surface area contributed by atoms with Crippen molar-refractivity contribution < 1.29 is 19.1 Å². The standard InChI is InChI=1S/C32H34N4O4/c1-3-39-27-12-7-11-26(19-27)36-21-29(24-9-5-4-6-10-24)33-32(36)34-30(37)22-35(20-28-13-8-18-40-28)31(38)25-16-14-23(2)15-17-25/h4-7,9-12,14-17,19,21,28H,3,8,13,18,20,22H2,1-2H3,(H,33,34,37)/t28-/m0/s1. The monoisotopic (exact) mass is 538 g/mol. The molecule has 1 atom stereocenters. The van der Waals surface area contributed by atoms with Gasteiger partial charge in [-0.05, 0) is 51.0 Å². The number of aryl methyl sites for hydroxylation is 1. The first-order chi connectivity index (χ1) is 19.5. The predicted molar refractivity (Wildman–Crippen MR) is 155 cm³/mol. The fourth-order valence-corrected chi connectivity index (χ4v) is 4.77. The summed E-state index contributed by atoms with van der Waals surface area (Å²) in [5.74, 6) is 0.533. The average Bonchev–Trinajstić information content (AvgIpc) is 3.64. The van der Waals surface area contributed by atoms with E-state index in [0.29, 0.717) is 37.0 Å². The lowest BCUT2D eigenvalue weighted by Gasteiger charge is -2.25. The normalized spacial score (nSPS) is 14.6. The van der Waals surface area contributed by atoms with Crippen LogP contribution in [-0.2, 0) is 9.53 Å². The molecule has 5 rings (SSSR count). The number of rotatable bonds is 10. The van der Waals surface area contributed by atoms with E-state index >= 15 is 0 Å². The Morgan fingerprint density at radius 1 is 1.07 bits per heavy atom. The molecular weight excluding hydrogens is 504 g/mol. The highest BCUT2D eigenvalue weighted by Crippen LogP contribution is 2.26. The molecule has 1 aliphatic heterocycles. The summed E-state index contributed by atoms with van der Waals surface area (Å²) in [5.41, 5.74) is 4.03. The third-order valence-electron chi connectivity index (χ3n) is 6.80. The summed E-state index contributed by atoms with van der Waals surface area (Å²) in [4.78, 5) is 33.2. The summed E-state index contributed by atoms with van der Waals surface area (Å²) in [6, 6.07) is 24.8. The van der Waals surface area contributed by atoms with E-state index in [1.807, 2.05) is 91.3 Å². The molecule has 0 bridgehead atoms. The van der Waals surface area contributed by atoms with E-state index in [4.69, 9.17) is 14.5 Å². The van der Waals surface area contributed by atoms with Gasteiger partial charge < -0.3 is 14.4 Å². The van der Waals surface area contributed by atoms with Crippen LogP contribution in [0.4, 0.5) is 5.95 Å². The maximum absolute atomic E-state index is 13.5. The van der Waals surface area contributed by atoms with Gasteiger partial charge in [0.2, 0.25) is 11.9 Å². The van der Waals surface area contributed by atoms with Crippen LogP contribution in [0.2, 0.25) is 0 Å². The van der Waals surface area contributed by atoms with Crippen LogP contribution in [-0.4, -0.2) is 58.7 Å². The maximum atomic E-state index is 13.5. The topological polar surface area (TPSA) is 85.7 Å². The average molecular weight is 539 g/mol. The molecule has 0 unspecified atom stereocenters. The van der Waals surface area contributed by atoms with Gasteiger partial charge >= 0.3 is 0 Å². The van der Waals surface area contributed by atoms with Crippen molar-refractivity contribution in [1.29, 1.82) is 0 Å². The first kappa shape index (κ1) is 27.1. The van der Waals surface area contributed by atoms with E-state index in [1.165, 1.54) is 0 Å². The maximum Gasteiger partial charge on any atom is 0.254 e. The van der Waals surface area contributed by atoms with Gasteiger partial charge in [0.25, 0.3) is 5.91 Å². The summed E-state index contributed by atoms with van der Waals surface area (Å²) < 4.78 is 13.3. The molecular formula is C32H34N4O4. The van der Waals surface area contributed by atoms with Gasteiger partial charge in [-0.15, -0.1) is 0 Å². The Morgan fingerprint density at radius 3 is 2.60 bits per heavy atom. The molecule has 1 N–H and O–H groups in total. The van der Waals surface area contributed by atoms with Gasteiger partial charge in [-0.25, -0.2) is 4.98 Å². The molecule has 40 heavy (non-hydrogen) atoms. The van der Waals surface area contributed by atoms with E-state index in [1.54, 1.807) is 17.0 Å². The lowest BCUT2D eigenvalue weighted by atomic mass is 10.1. The van der Waals surface area contributed by atoms with E-state index in [2.05, 4.69) is 5.32 Å². The molecule has 8 heteroatoms. The number of carbonyl (C=O) groups excluding carboxylic acids is 2. The van der Waals surface area contributed by atoms with Crippen molar-refractivity contribution in [2.24, 2.45) is 0 Å². The van der Waals surface area contributed by atoms with Gasteiger partial charge in [0.05, 0.1) is 24.1 Å². The second-order valence-corrected chi connectivity index (χ2v) is 9.85. The first-order valence-electron chi connectivity index (χ1n) is 13.7. The summed E-state index contributed by atoms with van der Waals surface area (Å²) in [6.45, 7) is 5.34. The molecule has 0 radical (unpaired) electrons. The zero-order valence-electron chi connectivity index (χ0n) is 22.9. The number of hydrogen-bond acceptors (Lipinski definition) is 5. The van der Waals surface area contributed by atoms with Gasteiger partial charge in [0.15, 0.2) is 0 Å². The predicted octanol–water partition coefficient (Wildman–Crippen LogP) is 5.51. The number of aromatic nitrogens is 2. The fraction of sp³-hybridized carbons (Fsp3) is 0.281. The molecule has 0 saturated carbocycles. The summed E-state index contributed by atoms with van der Waals surface area (Å²) in [5, 5.41) is 2.96. The fourth-order valence-electron chi connectivity index (χ4n) is 4.77. The van der Waals surface area contributed by atoms with Crippen LogP contribution < -0.4 is 10.1 Å². The number of imidazole rings is 1. The molecule has 3 aromatic carbocycles. The van der Waals surface area contributed by atoms with Crippen LogP contribution in [0, 0.1) is 6.92 Å². The molecule has 1 aromatic heterocycles. The molecule has 8 nitrogen and oxygen atoms in total. The Kier molecular flexibility index (Phi) is 8.56. The van der Waals surface area contributed by atoms with Gasteiger partial charge in [-0.2, -0.15) is 0 Å². The Labute approximate surface area is 234 Å². The van der Waals surface area contributed by atoms with Gasteiger partial charge in [0.1, 0.15) is 12.3 Å². The third-order valence-corrected chi connectivity index (χ3v) is 6.80. The molecule has 1 fully saturated rings. The molecule has 1 saturated heterocycles. The van der Waals surface area contributed by atoms with Crippen molar-refractivity contribution >= 4 is 17.8 Å². The highest BCUT2D eigenvalue weighted by Gasteiger charge is 2.26. The summed E-state index contributed by atoms with van der Waals surface area (Å²) >= 11 is 0. The molecule has 4 aromatic rings. The first-order valence-corrected chi connectivity index (χ1v) is 13.7. The Hall–Kier alpha value is -4.43. The minimum Gasteiger partial charge on any atom is -0.494 e. The van der Waals surface area contributed by atoms with Gasteiger partial charge in [0, 0.05) is 36.5 Å². The van der Waals surface area contributed by atoms with E-state index < -0.39 is 0 Å². The Balaban J connectivity index is 1.42. The lowest BCUT2D eigenvalue weighted by molar-refractivity contribution is -0.117. The number of anilines is 1. The zero-order chi connectivity index (χ0) is 27.9. The Morgan fingerprint density at radius 2 is 1.88 bits per heavy atom. The molecule has 2 amide bonds. The summed E-state index contributed by atoms with van der Waals surface area (Å²) in [6.07, 6.45) is 3.61. The van der Waals surface area contributed by atoms with Crippen molar-refractivity contribution in [3.05, 3.63) is 96.2 Å². The number of nitrogens with zero attached hydrogens (tertiary/aromatic N) is 3. The van der Waals surface area contributed by atoms with Crippen LogP contribution in [0.25, 0.3) is 16.9 Å². The van der Waals surface area contributed by atoms with Crippen molar-refractivity contribution in [2.75, 3.05) is 31.6 Å². The summed E-state index contributed by atoms with van der Waals surface area (Å²) in [7, 11) is 0. The largest absolute Gasteiger partial charge is 0.494 e. The van der Waals surface area contributed by atoms with Gasteiger partial charge in [-0.1, -0.05) is 54.1 Å². The number of carbonyl (C=O) groups is 2. The van der Waals surface area contributed by atoms with Crippen molar-refractivity contribution in [3.8, 4) is 22.7 Å². The number of amides is 2. The molecule has 2 heterocycles. The minimum atomic E-state index is -0.342. The van der Waals surface area contributed by atoms with Crippen molar-refractivity contribution in [2.45, 2.75) is 32.8 Å². The van der Waals surface area contributed by atoms with Crippen LogP contribution in [0.3, 0.4) is 0 Å². The van der Waals surface area contributed by atoms with E-state index in [-0.39, 0.29) is 24.5 Å². The highest BCUT2D eigenvalue weighted by molar-refractivity contribution is 5.99.